The maximum absolute atomic E-state index is 13.1. The van der Waals surface area contributed by atoms with Crippen LogP contribution in [0.25, 0.3) is 0 Å². The second-order valence-corrected chi connectivity index (χ2v) is 4.42. The van der Waals surface area contributed by atoms with E-state index >= 15 is 0 Å². The van der Waals surface area contributed by atoms with Crippen LogP contribution in [0.1, 0.15) is 18.7 Å². The van der Waals surface area contributed by atoms with Crippen LogP contribution in [0, 0.1) is 15.9 Å². The van der Waals surface area contributed by atoms with Crippen molar-refractivity contribution in [3.8, 4) is 0 Å². The summed E-state index contributed by atoms with van der Waals surface area (Å²) in [6.45, 7) is 1.81. The van der Waals surface area contributed by atoms with Gasteiger partial charge in [0.2, 0.25) is 0 Å². The highest BCUT2D eigenvalue weighted by molar-refractivity contribution is 7.07. The zero-order chi connectivity index (χ0) is 13.1. The van der Waals surface area contributed by atoms with Gasteiger partial charge in [-0.3, -0.25) is 10.1 Å². The van der Waals surface area contributed by atoms with Crippen LogP contribution < -0.4 is 5.32 Å². The minimum atomic E-state index is -0.546. The van der Waals surface area contributed by atoms with E-state index < -0.39 is 10.7 Å². The molecule has 1 N–H and O–H groups in total. The summed E-state index contributed by atoms with van der Waals surface area (Å²) < 4.78 is 13.1. The van der Waals surface area contributed by atoms with Gasteiger partial charge in [-0.1, -0.05) is 0 Å². The van der Waals surface area contributed by atoms with Crippen molar-refractivity contribution < 1.29 is 9.31 Å². The predicted octanol–water partition coefficient (Wildman–Crippen LogP) is 3.36. The van der Waals surface area contributed by atoms with Crippen LogP contribution in [0.3, 0.4) is 0 Å². The normalized spacial score (nSPS) is 12.1. The van der Waals surface area contributed by atoms with E-state index in [2.05, 4.69) is 10.3 Å². The van der Waals surface area contributed by atoms with Crippen LogP contribution in [0.4, 0.5) is 15.8 Å². The molecule has 1 atom stereocenters. The Morgan fingerprint density at radius 2 is 2.33 bits per heavy atom. The summed E-state index contributed by atoms with van der Waals surface area (Å²) in [4.78, 5) is 14.4. The summed E-state index contributed by atoms with van der Waals surface area (Å²) in [5, 5.41) is 15.6. The van der Waals surface area contributed by atoms with E-state index in [9.17, 15) is 14.5 Å². The van der Waals surface area contributed by atoms with Crippen LogP contribution in [-0.2, 0) is 0 Å². The van der Waals surface area contributed by atoms with Gasteiger partial charge in [0.25, 0.3) is 5.69 Å². The van der Waals surface area contributed by atoms with Gasteiger partial charge < -0.3 is 5.32 Å². The molecule has 0 amide bonds. The summed E-state index contributed by atoms with van der Waals surface area (Å²) in [7, 11) is 0. The van der Waals surface area contributed by atoms with Crippen molar-refractivity contribution in [3.63, 3.8) is 0 Å². The summed E-state index contributed by atoms with van der Waals surface area (Å²) in [5.74, 6) is -0.520. The van der Waals surface area contributed by atoms with Gasteiger partial charge in [-0.05, 0) is 13.0 Å². The minimum Gasteiger partial charge on any atom is -0.371 e. The predicted molar refractivity (Wildman–Crippen MR) is 67.2 cm³/mol. The smallest absolute Gasteiger partial charge is 0.292 e. The first-order valence-corrected chi connectivity index (χ1v) is 6.11. The van der Waals surface area contributed by atoms with E-state index in [1.54, 1.807) is 5.51 Å². The van der Waals surface area contributed by atoms with E-state index in [0.717, 1.165) is 23.9 Å². The molecule has 0 aliphatic heterocycles. The van der Waals surface area contributed by atoms with Gasteiger partial charge in [0.1, 0.15) is 11.5 Å². The second-order valence-electron chi connectivity index (χ2n) is 3.70. The number of hydrogen-bond acceptors (Lipinski definition) is 5. The van der Waals surface area contributed by atoms with Gasteiger partial charge in [0, 0.05) is 17.5 Å². The molecular formula is C11H10FN3O2S. The van der Waals surface area contributed by atoms with Gasteiger partial charge in [-0.15, -0.1) is 11.3 Å². The summed E-state index contributed by atoms with van der Waals surface area (Å²) in [6.07, 6.45) is 0. The Bertz CT molecular complexity index is 559. The third-order valence-corrected chi connectivity index (χ3v) is 3.03. The summed E-state index contributed by atoms with van der Waals surface area (Å²) >= 11 is 1.43. The maximum Gasteiger partial charge on any atom is 0.292 e. The maximum atomic E-state index is 13.1. The lowest BCUT2D eigenvalue weighted by Gasteiger charge is -2.13. The minimum absolute atomic E-state index is 0.153. The Hall–Kier alpha value is -2.02. The van der Waals surface area contributed by atoms with Crippen LogP contribution in [0.15, 0.2) is 29.1 Å². The molecule has 18 heavy (non-hydrogen) atoms. The Balaban J connectivity index is 2.28. The molecule has 1 aromatic carbocycles. The fourth-order valence-electron chi connectivity index (χ4n) is 1.53. The number of nitrogens with one attached hydrogen (secondary N) is 1. The lowest BCUT2D eigenvalue weighted by molar-refractivity contribution is -0.384. The fourth-order valence-corrected chi connectivity index (χ4v) is 2.17. The number of nitro benzene ring substituents is 1. The van der Waals surface area contributed by atoms with Gasteiger partial charge in [-0.2, -0.15) is 0 Å². The van der Waals surface area contributed by atoms with Gasteiger partial charge in [-0.25, -0.2) is 9.37 Å². The van der Waals surface area contributed by atoms with Gasteiger partial charge >= 0.3 is 0 Å². The Kier molecular flexibility index (Phi) is 3.52. The average Bonchev–Trinajstić information content (AvgIpc) is 2.81. The number of benzene rings is 1. The highest BCUT2D eigenvalue weighted by atomic mass is 32.1. The first-order valence-electron chi connectivity index (χ1n) is 5.16. The lowest BCUT2D eigenvalue weighted by Crippen LogP contribution is -2.08. The molecule has 0 bridgehead atoms. The number of aromatic nitrogens is 1. The highest BCUT2D eigenvalue weighted by Crippen LogP contribution is 2.28. The number of halogens is 1. The summed E-state index contributed by atoms with van der Waals surface area (Å²) in [6, 6.07) is 3.10. The van der Waals surface area contributed by atoms with Crippen molar-refractivity contribution in [3.05, 3.63) is 50.7 Å². The molecular weight excluding hydrogens is 257 g/mol. The van der Waals surface area contributed by atoms with E-state index in [1.807, 2.05) is 12.3 Å². The molecule has 2 rings (SSSR count). The molecule has 0 aliphatic rings. The molecule has 2 aromatic rings. The number of rotatable bonds is 4. The molecule has 1 unspecified atom stereocenters. The zero-order valence-corrected chi connectivity index (χ0v) is 10.3. The van der Waals surface area contributed by atoms with Gasteiger partial charge in [0.05, 0.1) is 22.2 Å². The summed E-state index contributed by atoms with van der Waals surface area (Å²) in [5.41, 5.74) is 2.44. The van der Waals surface area contributed by atoms with Crippen LogP contribution in [0.2, 0.25) is 0 Å². The van der Waals surface area contributed by atoms with Crippen LogP contribution >= 0.6 is 11.3 Å². The quantitative estimate of drug-likeness (QED) is 0.681. The first-order chi connectivity index (χ1) is 8.58. The van der Waals surface area contributed by atoms with Crippen molar-refractivity contribution in [2.75, 3.05) is 5.32 Å². The monoisotopic (exact) mass is 267 g/mol. The topological polar surface area (TPSA) is 68.1 Å². The van der Waals surface area contributed by atoms with Crippen molar-refractivity contribution in [2.24, 2.45) is 0 Å². The number of hydrogen-bond donors (Lipinski definition) is 1. The third-order valence-electron chi connectivity index (χ3n) is 2.42. The number of nitrogens with zero attached hydrogens (tertiary/aromatic N) is 2. The largest absolute Gasteiger partial charge is 0.371 e. The zero-order valence-electron chi connectivity index (χ0n) is 9.46. The third kappa shape index (κ3) is 2.62. The Labute approximate surface area is 106 Å². The lowest BCUT2D eigenvalue weighted by atomic mass is 10.2. The van der Waals surface area contributed by atoms with E-state index in [0.29, 0.717) is 0 Å². The van der Waals surface area contributed by atoms with Crippen molar-refractivity contribution >= 4 is 22.7 Å². The molecule has 0 fully saturated rings. The number of anilines is 1. The van der Waals surface area contributed by atoms with Crippen LogP contribution in [-0.4, -0.2) is 9.91 Å². The van der Waals surface area contributed by atoms with E-state index in [1.165, 1.54) is 11.3 Å². The van der Waals surface area contributed by atoms with E-state index in [-0.39, 0.29) is 17.4 Å². The highest BCUT2D eigenvalue weighted by Gasteiger charge is 2.17. The fraction of sp³-hybridized carbons (Fsp3) is 0.182. The van der Waals surface area contributed by atoms with Crippen LogP contribution in [0.5, 0.6) is 0 Å². The molecule has 0 radical (unpaired) electrons. The van der Waals surface area contributed by atoms with E-state index in [4.69, 9.17) is 0 Å². The Morgan fingerprint density at radius 1 is 1.56 bits per heavy atom. The molecule has 1 aromatic heterocycles. The van der Waals surface area contributed by atoms with Crippen molar-refractivity contribution in [1.82, 2.24) is 4.98 Å². The number of nitro groups is 1. The average molecular weight is 267 g/mol. The van der Waals surface area contributed by atoms with Crippen molar-refractivity contribution in [1.29, 1.82) is 0 Å². The molecule has 0 aliphatic carbocycles. The standard InChI is InChI=1S/C11H10FN3O2S/c1-7(10-5-18-6-13-10)14-9-4-8(12)2-3-11(9)15(16)17/h2-7,14H,1H3. The van der Waals surface area contributed by atoms with Crippen molar-refractivity contribution in [2.45, 2.75) is 13.0 Å². The van der Waals surface area contributed by atoms with Gasteiger partial charge in [0.15, 0.2) is 0 Å². The molecule has 0 saturated heterocycles. The Morgan fingerprint density at radius 3 is 2.94 bits per heavy atom. The second kappa shape index (κ2) is 5.09. The molecule has 0 saturated carbocycles. The molecule has 0 spiro atoms. The molecule has 94 valence electrons. The number of thiazole rings is 1. The molecule has 1 heterocycles. The molecule has 5 nitrogen and oxygen atoms in total. The SMILES string of the molecule is CC(Nc1cc(F)ccc1[N+](=O)[O-])c1cscn1. The molecule has 7 heteroatoms. The first kappa shape index (κ1) is 12.4.